The molecule has 220 valence electrons. The van der Waals surface area contributed by atoms with Gasteiger partial charge in [0.2, 0.25) is 5.91 Å². The van der Waals surface area contributed by atoms with Crippen LogP contribution in [0.1, 0.15) is 77.8 Å². The van der Waals surface area contributed by atoms with Gasteiger partial charge in [0.1, 0.15) is 18.4 Å². The van der Waals surface area contributed by atoms with Crippen LogP contribution in [0, 0.1) is 5.92 Å². The van der Waals surface area contributed by atoms with Gasteiger partial charge in [0.05, 0.1) is 18.2 Å². The number of nitrogens with zero attached hydrogens (tertiary/aromatic N) is 1. The molecule has 2 atom stereocenters. The second-order valence-corrected chi connectivity index (χ2v) is 12.3. The van der Waals surface area contributed by atoms with Gasteiger partial charge < -0.3 is 25.0 Å². The lowest BCUT2D eigenvalue weighted by atomic mass is 10.0. The van der Waals surface area contributed by atoms with Crippen molar-refractivity contribution < 1.29 is 19.1 Å². The molecule has 1 saturated heterocycles. The summed E-state index contributed by atoms with van der Waals surface area (Å²) in [4.78, 5) is 28.5. The van der Waals surface area contributed by atoms with Gasteiger partial charge in [-0.15, -0.1) is 0 Å². The Morgan fingerprint density at radius 2 is 1.52 bits per heavy atom. The van der Waals surface area contributed by atoms with Crippen LogP contribution in [0.15, 0.2) is 54.6 Å². The lowest BCUT2D eigenvalue weighted by Crippen LogP contribution is -2.54. The van der Waals surface area contributed by atoms with Crippen LogP contribution in [0.3, 0.4) is 0 Å². The number of hydrogen-bond donors (Lipinski definition) is 2. The maximum absolute atomic E-state index is 13.5. The summed E-state index contributed by atoms with van der Waals surface area (Å²) in [5, 5.41) is 6.24. The Labute approximate surface area is 241 Å². The van der Waals surface area contributed by atoms with Crippen LogP contribution in [0.25, 0.3) is 0 Å². The fourth-order valence-corrected chi connectivity index (χ4v) is 4.77. The molecule has 1 aliphatic rings. The summed E-state index contributed by atoms with van der Waals surface area (Å²) in [6.07, 6.45) is 5.50. The lowest BCUT2D eigenvalue weighted by molar-refractivity contribution is -0.125. The zero-order chi connectivity index (χ0) is 29.0. The highest BCUT2D eigenvalue weighted by Gasteiger charge is 2.27. The van der Waals surface area contributed by atoms with Gasteiger partial charge in [-0.2, -0.15) is 0 Å². The zero-order valence-electron chi connectivity index (χ0n) is 25.1. The van der Waals surface area contributed by atoms with Crippen LogP contribution in [-0.2, 0) is 22.6 Å². The Balaban J connectivity index is 1.64. The van der Waals surface area contributed by atoms with Crippen molar-refractivity contribution in [2.75, 3.05) is 19.7 Å². The monoisotopic (exact) mass is 551 g/mol. The van der Waals surface area contributed by atoms with Gasteiger partial charge in [0, 0.05) is 13.1 Å². The van der Waals surface area contributed by atoms with Crippen molar-refractivity contribution in [2.24, 2.45) is 5.92 Å². The third kappa shape index (κ3) is 11.6. The molecule has 2 aromatic rings. The summed E-state index contributed by atoms with van der Waals surface area (Å²) in [6.45, 7) is 12.5. The van der Waals surface area contributed by atoms with Crippen molar-refractivity contribution >= 4 is 11.9 Å². The minimum atomic E-state index is -0.596. The van der Waals surface area contributed by atoms with Crippen molar-refractivity contribution in [3.05, 3.63) is 65.7 Å². The second-order valence-electron chi connectivity index (χ2n) is 12.3. The molecule has 0 bridgehead atoms. The van der Waals surface area contributed by atoms with Crippen LogP contribution >= 0.6 is 0 Å². The maximum atomic E-state index is 13.5. The molecular weight excluding hydrogens is 502 g/mol. The van der Waals surface area contributed by atoms with Crippen molar-refractivity contribution in [3.63, 3.8) is 0 Å². The number of likely N-dealkylation sites (tertiary alicyclic amines) is 1. The standard InChI is InChI=1S/C33H49N3O4/c1-25(2)21-30(35-32(38)36-19-11-6-7-12-20-36)31(37)34-28(24-40-33(3,4)5)22-26-15-17-29(18-16-26)39-23-27-13-9-8-10-14-27/h8-10,13-18,25,28,30H,6-7,11-12,19-24H2,1-5H3,(H,34,37)(H,35,38)/t28-,30-/m0/s1. The molecule has 40 heavy (non-hydrogen) atoms. The third-order valence-corrected chi connectivity index (χ3v) is 6.93. The van der Waals surface area contributed by atoms with Gasteiger partial charge in [-0.3, -0.25) is 4.79 Å². The van der Waals surface area contributed by atoms with Gasteiger partial charge >= 0.3 is 6.03 Å². The average molecular weight is 552 g/mol. The number of urea groups is 1. The van der Waals surface area contributed by atoms with Crippen molar-refractivity contribution in [1.82, 2.24) is 15.5 Å². The molecule has 7 nitrogen and oxygen atoms in total. The van der Waals surface area contributed by atoms with E-state index in [4.69, 9.17) is 9.47 Å². The van der Waals surface area contributed by atoms with Crippen molar-refractivity contribution in [1.29, 1.82) is 0 Å². The quantitative estimate of drug-likeness (QED) is 0.334. The maximum Gasteiger partial charge on any atom is 0.318 e. The first kappa shape index (κ1) is 31.5. The third-order valence-electron chi connectivity index (χ3n) is 6.93. The molecule has 0 spiro atoms. The molecule has 1 aliphatic heterocycles. The van der Waals surface area contributed by atoms with Crippen LogP contribution in [-0.4, -0.2) is 54.2 Å². The van der Waals surface area contributed by atoms with Crippen LogP contribution in [0.5, 0.6) is 5.75 Å². The molecule has 0 radical (unpaired) electrons. The molecular formula is C33H49N3O4. The Morgan fingerprint density at radius 1 is 0.875 bits per heavy atom. The molecule has 1 fully saturated rings. The first-order valence-electron chi connectivity index (χ1n) is 14.8. The van der Waals surface area contributed by atoms with Gasteiger partial charge in [-0.05, 0) is 75.6 Å². The Bertz CT molecular complexity index is 1030. The molecule has 0 aromatic heterocycles. The van der Waals surface area contributed by atoms with E-state index in [0.29, 0.717) is 26.1 Å². The van der Waals surface area contributed by atoms with Gasteiger partial charge in [0.25, 0.3) is 0 Å². The van der Waals surface area contributed by atoms with E-state index in [1.54, 1.807) is 0 Å². The molecule has 3 amide bonds. The highest BCUT2D eigenvalue weighted by Crippen LogP contribution is 2.17. The van der Waals surface area contributed by atoms with E-state index in [2.05, 4.69) is 24.5 Å². The fourth-order valence-electron chi connectivity index (χ4n) is 4.77. The number of carbonyl (C=O) groups is 2. The summed E-state index contributed by atoms with van der Waals surface area (Å²) < 4.78 is 12.0. The summed E-state index contributed by atoms with van der Waals surface area (Å²) in [6, 6.07) is 17.1. The predicted molar refractivity (Wildman–Crippen MR) is 160 cm³/mol. The predicted octanol–water partition coefficient (Wildman–Crippen LogP) is 6.11. The van der Waals surface area contributed by atoms with Gasteiger partial charge in [-0.25, -0.2) is 4.79 Å². The highest BCUT2D eigenvalue weighted by molar-refractivity contribution is 5.87. The average Bonchev–Trinajstić information content (AvgIpc) is 3.21. The molecule has 3 rings (SSSR count). The van der Waals surface area contributed by atoms with E-state index in [0.717, 1.165) is 55.6 Å². The number of amides is 3. The number of hydrogen-bond acceptors (Lipinski definition) is 4. The Morgan fingerprint density at radius 3 is 2.12 bits per heavy atom. The largest absolute Gasteiger partial charge is 0.489 e. The SMILES string of the molecule is CC(C)C[C@H](NC(=O)N1CCCCCC1)C(=O)N[C@H](COC(C)(C)C)Cc1ccc(OCc2ccccc2)cc1. The summed E-state index contributed by atoms with van der Waals surface area (Å²) in [5.74, 6) is 0.891. The van der Waals surface area contributed by atoms with E-state index in [1.165, 1.54) is 0 Å². The number of nitrogens with one attached hydrogen (secondary N) is 2. The molecule has 0 unspecified atom stereocenters. The second kappa shape index (κ2) is 15.7. The first-order valence-corrected chi connectivity index (χ1v) is 14.8. The van der Waals surface area contributed by atoms with Crippen LogP contribution in [0.2, 0.25) is 0 Å². The Kier molecular flexibility index (Phi) is 12.3. The topological polar surface area (TPSA) is 79.9 Å². The molecule has 7 heteroatoms. The minimum Gasteiger partial charge on any atom is -0.489 e. The summed E-state index contributed by atoms with van der Waals surface area (Å²) in [7, 11) is 0. The minimum absolute atomic E-state index is 0.142. The molecule has 0 saturated carbocycles. The van der Waals surface area contributed by atoms with Crippen molar-refractivity contribution in [3.8, 4) is 5.75 Å². The Hall–Kier alpha value is -3.06. The highest BCUT2D eigenvalue weighted by atomic mass is 16.5. The number of benzene rings is 2. The summed E-state index contributed by atoms with van der Waals surface area (Å²) >= 11 is 0. The first-order chi connectivity index (χ1) is 19.1. The normalized spacial score (nSPS) is 15.7. The fraction of sp³-hybridized carbons (Fsp3) is 0.576. The lowest BCUT2D eigenvalue weighted by Gasteiger charge is -2.29. The van der Waals surface area contributed by atoms with E-state index in [9.17, 15) is 9.59 Å². The van der Waals surface area contributed by atoms with E-state index in [1.807, 2.05) is 80.3 Å². The van der Waals surface area contributed by atoms with E-state index in [-0.39, 0.29) is 29.5 Å². The van der Waals surface area contributed by atoms with Crippen LogP contribution in [0.4, 0.5) is 4.79 Å². The summed E-state index contributed by atoms with van der Waals surface area (Å²) in [5.41, 5.74) is 1.85. The number of carbonyl (C=O) groups excluding carboxylic acids is 2. The van der Waals surface area contributed by atoms with Gasteiger partial charge in [0.15, 0.2) is 0 Å². The smallest absolute Gasteiger partial charge is 0.318 e. The van der Waals surface area contributed by atoms with E-state index < -0.39 is 6.04 Å². The molecule has 1 heterocycles. The molecule has 0 aliphatic carbocycles. The zero-order valence-corrected chi connectivity index (χ0v) is 25.1. The van der Waals surface area contributed by atoms with Crippen molar-refractivity contribution in [2.45, 2.75) is 97.4 Å². The number of ether oxygens (including phenoxy) is 2. The van der Waals surface area contributed by atoms with Gasteiger partial charge in [-0.1, -0.05) is 69.2 Å². The van der Waals surface area contributed by atoms with Crippen LogP contribution < -0.4 is 15.4 Å². The van der Waals surface area contributed by atoms with E-state index >= 15 is 0 Å². The molecule has 2 N–H and O–H groups in total. The molecule has 2 aromatic carbocycles. The number of rotatable bonds is 12.